The second-order valence-corrected chi connectivity index (χ2v) is 7.31. The predicted octanol–water partition coefficient (Wildman–Crippen LogP) is 3.24. The number of hydrogen-bond acceptors (Lipinski definition) is 5. The van der Waals surface area contributed by atoms with Crippen LogP contribution in [0, 0.1) is 19.8 Å². The van der Waals surface area contributed by atoms with E-state index in [1.165, 1.54) is 0 Å². The van der Waals surface area contributed by atoms with Crippen LogP contribution in [-0.2, 0) is 19.1 Å². The van der Waals surface area contributed by atoms with Crippen LogP contribution in [0.4, 0.5) is 11.4 Å². The number of nitrogens with one attached hydrogen (secondary N) is 1. The fourth-order valence-electron chi connectivity index (χ4n) is 3.32. The lowest BCUT2D eigenvalue weighted by atomic mass is 10.1. The number of rotatable bonds is 7. The molecule has 1 N–H and O–H groups in total. The average Bonchev–Trinajstić information content (AvgIpc) is 3.11. The lowest BCUT2D eigenvalue weighted by Gasteiger charge is -2.17. The Bertz CT molecular complexity index is 939. The number of amides is 2. The fourth-order valence-corrected chi connectivity index (χ4v) is 3.32. The Labute approximate surface area is 176 Å². The average molecular weight is 410 g/mol. The molecule has 1 saturated heterocycles. The van der Waals surface area contributed by atoms with E-state index < -0.39 is 17.8 Å². The molecule has 0 bridgehead atoms. The molecule has 1 aliphatic heterocycles. The van der Waals surface area contributed by atoms with Crippen LogP contribution in [0.1, 0.15) is 24.5 Å². The van der Waals surface area contributed by atoms with Crippen molar-refractivity contribution in [3.8, 4) is 5.75 Å². The van der Waals surface area contributed by atoms with E-state index in [1.807, 2.05) is 39.0 Å². The third-order valence-electron chi connectivity index (χ3n) is 4.93. The lowest BCUT2D eigenvalue weighted by Crippen LogP contribution is -2.28. The zero-order chi connectivity index (χ0) is 21.7. The summed E-state index contributed by atoms with van der Waals surface area (Å²) >= 11 is 0. The molecular formula is C23H26N2O5. The summed E-state index contributed by atoms with van der Waals surface area (Å²) in [5.74, 6) is -0.991. The van der Waals surface area contributed by atoms with E-state index in [0.717, 1.165) is 16.9 Å². The largest absolute Gasteiger partial charge is 0.494 e. The summed E-state index contributed by atoms with van der Waals surface area (Å²) in [6, 6.07) is 12.9. The van der Waals surface area contributed by atoms with E-state index in [1.54, 1.807) is 29.2 Å². The minimum Gasteiger partial charge on any atom is -0.494 e. The van der Waals surface area contributed by atoms with Crippen molar-refractivity contribution >= 4 is 29.2 Å². The second kappa shape index (κ2) is 9.43. The number of carbonyl (C=O) groups is 3. The van der Waals surface area contributed by atoms with Gasteiger partial charge in [0.25, 0.3) is 5.91 Å². The molecule has 0 radical (unpaired) electrons. The summed E-state index contributed by atoms with van der Waals surface area (Å²) in [5, 5.41) is 2.75. The van der Waals surface area contributed by atoms with Crippen LogP contribution in [-0.4, -0.2) is 37.5 Å². The monoisotopic (exact) mass is 410 g/mol. The van der Waals surface area contributed by atoms with Gasteiger partial charge in [-0.1, -0.05) is 12.1 Å². The molecule has 0 aromatic heterocycles. The highest BCUT2D eigenvalue weighted by Gasteiger charge is 2.36. The first-order chi connectivity index (χ1) is 14.4. The van der Waals surface area contributed by atoms with E-state index in [9.17, 15) is 14.4 Å². The molecule has 1 aliphatic rings. The van der Waals surface area contributed by atoms with Gasteiger partial charge in [0.2, 0.25) is 5.91 Å². The Balaban J connectivity index is 1.53. The standard InChI is InChI=1S/C23H26N2O5/c1-4-29-19-9-7-18(8-10-19)25-13-17(12-22(25)27)23(28)30-14-21(26)24-20-11-15(2)5-6-16(20)3/h5-11,17H,4,12-14H2,1-3H3,(H,24,26)/t17-/m0/s1. The summed E-state index contributed by atoms with van der Waals surface area (Å²) in [5.41, 5.74) is 3.33. The molecule has 1 atom stereocenters. The smallest absolute Gasteiger partial charge is 0.311 e. The summed E-state index contributed by atoms with van der Waals surface area (Å²) < 4.78 is 10.6. The molecule has 158 valence electrons. The topological polar surface area (TPSA) is 84.9 Å². The lowest BCUT2D eigenvalue weighted by molar-refractivity contribution is -0.151. The molecule has 0 unspecified atom stereocenters. The maximum absolute atomic E-state index is 12.4. The summed E-state index contributed by atoms with van der Waals surface area (Å²) in [4.78, 5) is 38.4. The predicted molar refractivity (Wildman–Crippen MR) is 114 cm³/mol. The first-order valence-corrected chi connectivity index (χ1v) is 9.94. The van der Waals surface area contributed by atoms with Gasteiger partial charge in [-0.05, 0) is 62.2 Å². The molecule has 30 heavy (non-hydrogen) atoms. The quantitative estimate of drug-likeness (QED) is 0.709. The number of hydrogen-bond donors (Lipinski definition) is 1. The van der Waals surface area contributed by atoms with E-state index in [-0.39, 0.29) is 25.5 Å². The van der Waals surface area contributed by atoms with Crippen molar-refractivity contribution in [3.05, 3.63) is 53.6 Å². The molecule has 1 fully saturated rings. The molecule has 2 amide bonds. The van der Waals surface area contributed by atoms with Gasteiger partial charge < -0.3 is 19.7 Å². The van der Waals surface area contributed by atoms with Crippen LogP contribution in [0.3, 0.4) is 0 Å². The minimum absolute atomic E-state index is 0.0602. The van der Waals surface area contributed by atoms with Crippen molar-refractivity contribution in [3.63, 3.8) is 0 Å². The Hall–Kier alpha value is -3.35. The number of ether oxygens (including phenoxy) is 2. The Morgan fingerprint density at radius 2 is 1.87 bits per heavy atom. The molecule has 3 rings (SSSR count). The van der Waals surface area contributed by atoms with Gasteiger partial charge in [0.1, 0.15) is 5.75 Å². The van der Waals surface area contributed by atoms with Crippen LogP contribution in [0.15, 0.2) is 42.5 Å². The van der Waals surface area contributed by atoms with Gasteiger partial charge in [-0.15, -0.1) is 0 Å². The molecule has 7 heteroatoms. The summed E-state index contributed by atoms with van der Waals surface area (Å²) in [6.45, 7) is 6.12. The van der Waals surface area contributed by atoms with E-state index >= 15 is 0 Å². The zero-order valence-corrected chi connectivity index (χ0v) is 17.4. The van der Waals surface area contributed by atoms with Gasteiger partial charge in [0.05, 0.1) is 12.5 Å². The van der Waals surface area contributed by atoms with Gasteiger partial charge in [0, 0.05) is 24.3 Å². The van der Waals surface area contributed by atoms with Crippen molar-refractivity contribution < 1.29 is 23.9 Å². The van der Waals surface area contributed by atoms with Crippen LogP contribution in [0.25, 0.3) is 0 Å². The molecule has 1 heterocycles. The van der Waals surface area contributed by atoms with E-state index in [2.05, 4.69) is 5.32 Å². The van der Waals surface area contributed by atoms with Gasteiger partial charge in [0.15, 0.2) is 6.61 Å². The molecule has 7 nitrogen and oxygen atoms in total. The highest BCUT2D eigenvalue weighted by molar-refractivity contribution is 6.00. The van der Waals surface area contributed by atoms with Gasteiger partial charge in [-0.2, -0.15) is 0 Å². The first kappa shape index (κ1) is 21.4. The highest BCUT2D eigenvalue weighted by atomic mass is 16.5. The maximum atomic E-state index is 12.4. The van der Waals surface area contributed by atoms with E-state index in [4.69, 9.17) is 9.47 Å². The Morgan fingerprint density at radius 3 is 2.57 bits per heavy atom. The van der Waals surface area contributed by atoms with Gasteiger partial charge in [-0.25, -0.2) is 0 Å². The number of benzene rings is 2. The molecule has 2 aromatic rings. The van der Waals surface area contributed by atoms with Crippen molar-refractivity contribution in [2.24, 2.45) is 5.92 Å². The number of nitrogens with zero attached hydrogens (tertiary/aromatic N) is 1. The number of carbonyl (C=O) groups excluding carboxylic acids is 3. The molecule has 0 spiro atoms. The van der Waals surface area contributed by atoms with Crippen LogP contribution in [0.5, 0.6) is 5.75 Å². The maximum Gasteiger partial charge on any atom is 0.311 e. The summed E-state index contributed by atoms with van der Waals surface area (Å²) in [7, 11) is 0. The third kappa shape index (κ3) is 5.17. The SMILES string of the molecule is CCOc1ccc(N2C[C@@H](C(=O)OCC(=O)Nc3cc(C)ccc3C)CC2=O)cc1. The minimum atomic E-state index is -0.599. The van der Waals surface area contributed by atoms with Crippen LogP contribution in [0.2, 0.25) is 0 Å². The molecule has 0 aliphatic carbocycles. The number of aryl methyl sites for hydroxylation is 2. The normalized spacial score (nSPS) is 15.8. The zero-order valence-electron chi connectivity index (χ0n) is 17.4. The van der Waals surface area contributed by atoms with Crippen molar-refractivity contribution in [1.82, 2.24) is 0 Å². The molecule has 2 aromatic carbocycles. The Morgan fingerprint density at radius 1 is 1.13 bits per heavy atom. The van der Waals surface area contributed by atoms with E-state index in [0.29, 0.717) is 18.0 Å². The van der Waals surface area contributed by atoms with Crippen molar-refractivity contribution in [2.45, 2.75) is 27.2 Å². The third-order valence-corrected chi connectivity index (χ3v) is 4.93. The van der Waals surface area contributed by atoms with Crippen LogP contribution >= 0.6 is 0 Å². The van der Waals surface area contributed by atoms with Crippen molar-refractivity contribution in [1.29, 1.82) is 0 Å². The highest BCUT2D eigenvalue weighted by Crippen LogP contribution is 2.27. The molecular weight excluding hydrogens is 384 g/mol. The number of esters is 1. The Kier molecular flexibility index (Phi) is 6.72. The molecule has 0 saturated carbocycles. The first-order valence-electron chi connectivity index (χ1n) is 9.94. The van der Waals surface area contributed by atoms with Crippen LogP contribution < -0.4 is 15.0 Å². The second-order valence-electron chi connectivity index (χ2n) is 7.31. The van der Waals surface area contributed by atoms with Gasteiger partial charge >= 0.3 is 5.97 Å². The fraction of sp³-hybridized carbons (Fsp3) is 0.348. The van der Waals surface area contributed by atoms with Crippen molar-refractivity contribution in [2.75, 3.05) is 30.0 Å². The number of anilines is 2. The van der Waals surface area contributed by atoms with Gasteiger partial charge in [-0.3, -0.25) is 14.4 Å². The summed E-state index contributed by atoms with van der Waals surface area (Å²) in [6.07, 6.45) is 0.0602.